The van der Waals surface area contributed by atoms with Gasteiger partial charge in [0.1, 0.15) is 11.6 Å². The van der Waals surface area contributed by atoms with Crippen molar-refractivity contribution in [3.63, 3.8) is 0 Å². The van der Waals surface area contributed by atoms with Gasteiger partial charge in [0.15, 0.2) is 0 Å². The molecule has 1 N–H and O–H groups in total. The zero-order valence-corrected chi connectivity index (χ0v) is 11.0. The molecule has 0 saturated heterocycles. The number of nitrogens with one attached hydrogen (secondary N) is 1. The Bertz CT molecular complexity index is 921. The molecule has 3 aromatic rings. The normalized spacial score (nSPS) is 11.8. The van der Waals surface area contributed by atoms with Crippen molar-refractivity contribution in [1.82, 2.24) is 9.97 Å². The molecule has 3 nitrogen and oxygen atoms in total. The second-order valence-corrected chi connectivity index (χ2v) is 4.71. The Morgan fingerprint density at radius 2 is 1.73 bits per heavy atom. The first kappa shape index (κ1) is 14.3. The summed E-state index contributed by atoms with van der Waals surface area (Å²) in [6.45, 7) is -5.44. The number of hydrogen-bond acceptors (Lipinski definition) is 2. The highest BCUT2D eigenvalue weighted by molar-refractivity contribution is 6.74. The fraction of sp³-hybridized carbons (Fsp3) is 0. The second-order valence-electron chi connectivity index (χ2n) is 4.71. The summed E-state index contributed by atoms with van der Waals surface area (Å²) in [5, 5.41) is 0.224. The van der Waals surface area contributed by atoms with Crippen molar-refractivity contribution in [3.05, 3.63) is 58.6 Å². The lowest BCUT2D eigenvalue weighted by molar-refractivity contribution is 0.500. The lowest BCUT2D eigenvalue weighted by atomic mass is 9.76. The van der Waals surface area contributed by atoms with Crippen molar-refractivity contribution in [3.8, 4) is 11.4 Å². The third kappa shape index (κ3) is 2.36. The zero-order chi connectivity index (χ0) is 15.9. The minimum atomic E-state index is -5.44. The zero-order valence-electron chi connectivity index (χ0n) is 11.0. The molecule has 0 saturated carbocycles. The van der Waals surface area contributed by atoms with Gasteiger partial charge < -0.3 is 17.9 Å². The van der Waals surface area contributed by atoms with Gasteiger partial charge in [0.2, 0.25) is 0 Å². The minimum absolute atomic E-state index is 0.199. The van der Waals surface area contributed by atoms with Gasteiger partial charge in [-0.3, -0.25) is 4.79 Å². The molecule has 0 spiro atoms. The van der Waals surface area contributed by atoms with Crippen LogP contribution in [-0.4, -0.2) is 16.9 Å². The van der Waals surface area contributed by atoms with Crippen molar-refractivity contribution in [2.24, 2.45) is 0 Å². The highest BCUT2D eigenvalue weighted by Crippen LogP contribution is 2.22. The van der Waals surface area contributed by atoms with E-state index in [1.165, 1.54) is 12.1 Å². The number of rotatable bonds is 2. The van der Waals surface area contributed by atoms with Crippen LogP contribution < -0.4 is 11.0 Å². The van der Waals surface area contributed by atoms with Gasteiger partial charge in [-0.25, -0.2) is 9.37 Å². The molecule has 0 atom stereocenters. The molecule has 3 rings (SSSR count). The molecule has 0 aliphatic rings. The van der Waals surface area contributed by atoms with Crippen molar-refractivity contribution in [2.75, 3.05) is 0 Å². The van der Waals surface area contributed by atoms with Crippen LogP contribution in [0.1, 0.15) is 0 Å². The monoisotopic (exact) mass is 307 g/mol. The highest BCUT2D eigenvalue weighted by Gasteiger charge is 2.31. The number of nitrogens with zero attached hydrogens (tertiary/aromatic N) is 1. The molecule has 22 heavy (non-hydrogen) atoms. The van der Waals surface area contributed by atoms with Gasteiger partial charge in [-0.05, 0) is 18.2 Å². The van der Waals surface area contributed by atoms with E-state index >= 15 is 0 Å². The molecular formula is C14H8BF4N2O-. The molecule has 0 fully saturated rings. The predicted molar refractivity (Wildman–Crippen MR) is 76.5 cm³/mol. The first-order valence-corrected chi connectivity index (χ1v) is 6.36. The molecule has 0 aliphatic carbocycles. The number of fused-ring (bicyclic) bond motifs is 1. The Hall–Kier alpha value is -2.64. The maximum absolute atomic E-state index is 13.9. The van der Waals surface area contributed by atoms with Crippen LogP contribution in [0.25, 0.3) is 22.3 Å². The minimum Gasteiger partial charge on any atom is -0.445 e. The fourth-order valence-electron chi connectivity index (χ4n) is 2.27. The summed E-state index contributed by atoms with van der Waals surface area (Å²) in [6.07, 6.45) is 0. The predicted octanol–water partition coefficient (Wildman–Crippen LogP) is 2.78. The van der Waals surface area contributed by atoms with E-state index in [4.69, 9.17) is 0 Å². The number of H-pyrrole nitrogens is 1. The van der Waals surface area contributed by atoms with Crippen LogP contribution in [-0.2, 0) is 0 Å². The number of benzene rings is 2. The summed E-state index contributed by atoms with van der Waals surface area (Å²) in [5.74, 6) is -1.52. The van der Waals surface area contributed by atoms with Gasteiger partial charge in [0, 0.05) is 5.56 Å². The van der Waals surface area contributed by atoms with Crippen LogP contribution in [0.4, 0.5) is 17.3 Å². The Kier molecular flexibility index (Phi) is 3.24. The molecule has 0 bridgehead atoms. The van der Waals surface area contributed by atoms with Gasteiger partial charge in [-0.1, -0.05) is 29.7 Å². The Morgan fingerprint density at radius 3 is 2.45 bits per heavy atom. The lowest BCUT2D eigenvalue weighted by Gasteiger charge is -2.19. The van der Waals surface area contributed by atoms with Gasteiger partial charge in [0.25, 0.3) is 5.56 Å². The summed E-state index contributed by atoms with van der Waals surface area (Å²) in [4.78, 5) is 18.1. The standard InChI is InChI=1S/C14H8BF4N2O/c16-10-6-3-5-9(15(17,18)19)12(10)13-20-11-7-2-1-4-8(11)14(22)21-13/h1-7H,(H,20,21,22)/q-1. The van der Waals surface area contributed by atoms with Crippen LogP contribution in [0.3, 0.4) is 0 Å². The van der Waals surface area contributed by atoms with E-state index in [0.717, 1.165) is 18.2 Å². The Balaban J connectivity index is 2.35. The Labute approximate surface area is 121 Å². The van der Waals surface area contributed by atoms with Crippen LogP contribution in [0.2, 0.25) is 0 Å². The molecular weight excluding hydrogens is 299 g/mol. The van der Waals surface area contributed by atoms with Crippen molar-refractivity contribution >= 4 is 23.3 Å². The third-order valence-electron chi connectivity index (χ3n) is 3.25. The first-order valence-electron chi connectivity index (χ1n) is 6.36. The maximum Gasteiger partial charge on any atom is 0.510 e. The average molecular weight is 307 g/mol. The molecule has 2 aromatic carbocycles. The van der Waals surface area contributed by atoms with E-state index in [1.54, 1.807) is 12.1 Å². The maximum atomic E-state index is 13.9. The summed E-state index contributed by atoms with van der Waals surface area (Å²) < 4.78 is 53.3. The van der Waals surface area contributed by atoms with Gasteiger partial charge >= 0.3 is 6.98 Å². The van der Waals surface area contributed by atoms with Crippen LogP contribution in [0.15, 0.2) is 47.3 Å². The molecule has 1 aromatic heterocycles. The number of halogens is 4. The number of aromatic amines is 1. The molecule has 0 unspecified atom stereocenters. The second kappa shape index (κ2) is 4.97. The van der Waals surface area contributed by atoms with Gasteiger partial charge in [-0.2, -0.15) is 0 Å². The smallest absolute Gasteiger partial charge is 0.445 e. The molecule has 112 valence electrons. The van der Waals surface area contributed by atoms with E-state index in [2.05, 4.69) is 9.97 Å². The molecule has 8 heteroatoms. The molecule has 0 aliphatic heterocycles. The average Bonchev–Trinajstić information content (AvgIpc) is 2.46. The fourth-order valence-corrected chi connectivity index (χ4v) is 2.27. The lowest BCUT2D eigenvalue weighted by Crippen LogP contribution is -2.36. The van der Waals surface area contributed by atoms with E-state index in [1.807, 2.05) is 0 Å². The van der Waals surface area contributed by atoms with E-state index < -0.39 is 35.2 Å². The number of aromatic nitrogens is 2. The van der Waals surface area contributed by atoms with Crippen LogP contribution in [0.5, 0.6) is 0 Å². The summed E-state index contributed by atoms with van der Waals surface area (Å²) in [6, 6.07) is 8.81. The SMILES string of the molecule is O=c1[nH]c(-c2c(F)cccc2[B-](F)(F)F)nc2ccccc12. The highest BCUT2D eigenvalue weighted by atomic mass is 19.4. The van der Waals surface area contributed by atoms with Crippen molar-refractivity contribution in [1.29, 1.82) is 0 Å². The summed E-state index contributed by atoms with van der Waals surface area (Å²) in [5.41, 5.74) is -2.29. The van der Waals surface area contributed by atoms with Gasteiger partial charge in [0.05, 0.1) is 10.9 Å². The third-order valence-corrected chi connectivity index (χ3v) is 3.25. The van der Waals surface area contributed by atoms with E-state index in [0.29, 0.717) is 0 Å². The number of hydrogen-bond donors (Lipinski definition) is 1. The molecule has 0 radical (unpaired) electrons. The van der Waals surface area contributed by atoms with Gasteiger partial charge in [-0.15, -0.1) is 0 Å². The molecule has 0 amide bonds. The van der Waals surface area contributed by atoms with Crippen molar-refractivity contribution < 1.29 is 17.3 Å². The quantitative estimate of drug-likeness (QED) is 0.584. The summed E-state index contributed by atoms with van der Waals surface area (Å²) >= 11 is 0. The topological polar surface area (TPSA) is 45.8 Å². The summed E-state index contributed by atoms with van der Waals surface area (Å²) in [7, 11) is 0. The largest absolute Gasteiger partial charge is 0.510 e. The van der Waals surface area contributed by atoms with Crippen LogP contribution in [0, 0.1) is 5.82 Å². The van der Waals surface area contributed by atoms with Crippen molar-refractivity contribution in [2.45, 2.75) is 0 Å². The molecule has 1 heterocycles. The number of para-hydroxylation sites is 1. The van der Waals surface area contributed by atoms with E-state index in [9.17, 15) is 22.1 Å². The Morgan fingerprint density at radius 1 is 1.00 bits per heavy atom. The van der Waals surface area contributed by atoms with E-state index in [-0.39, 0.29) is 10.9 Å². The van der Waals surface area contributed by atoms with Crippen LogP contribution >= 0.6 is 0 Å². The first-order chi connectivity index (χ1) is 10.4.